The molecule has 8 nitrogen and oxygen atoms in total. The van der Waals surface area contributed by atoms with Gasteiger partial charge in [0.05, 0.1) is 18.6 Å². The highest BCUT2D eigenvalue weighted by atomic mass is 16.5. The largest absolute Gasteiger partial charge is 0.464 e. The van der Waals surface area contributed by atoms with Gasteiger partial charge in [0.1, 0.15) is 6.04 Å². The molecule has 142 valence electrons. The predicted molar refractivity (Wildman–Crippen MR) is 101 cm³/mol. The normalized spacial score (nSPS) is 12.3. The number of carbonyl (C=O) groups is 1. The molecule has 0 amide bonds. The topological polar surface area (TPSA) is 88.1 Å². The smallest absolute Gasteiger partial charge is 0.337 e. The van der Waals surface area contributed by atoms with Crippen molar-refractivity contribution in [3.8, 4) is 5.69 Å². The minimum Gasteiger partial charge on any atom is -0.464 e. The predicted octanol–water partition coefficient (Wildman–Crippen LogP) is 1.80. The molecule has 3 rings (SSSR count). The highest BCUT2D eigenvalue weighted by Crippen LogP contribution is 2.18. The summed E-state index contributed by atoms with van der Waals surface area (Å²) in [5, 5.41) is 0. The second-order valence-electron chi connectivity index (χ2n) is 6.26. The fourth-order valence-corrected chi connectivity index (χ4v) is 3.10. The Labute approximate surface area is 155 Å². The first-order chi connectivity index (χ1) is 12.9. The molecule has 0 saturated heterocycles. The van der Waals surface area contributed by atoms with E-state index in [1.165, 1.54) is 15.5 Å². The highest BCUT2D eigenvalue weighted by Gasteiger charge is 2.24. The Bertz CT molecular complexity index is 1120. The molecule has 0 saturated carbocycles. The van der Waals surface area contributed by atoms with Gasteiger partial charge in [-0.1, -0.05) is 12.1 Å². The summed E-state index contributed by atoms with van der Waals surface area (Å²) < 4.78 is 9.07. The summed E-state index contributed by atoms with van der Waals surface area (Å²) in [6.07, 6.45) is 1.40. The monoisotopic (exact) mass is 370 g/mol. The number of benzene rings is 1. The maximum atomic E-state index is 12.9. The Morgan fingerprint density at radius 3 is 2.63 bits per heavy atom. The van der Waals surface area contributed by atoms with Gasteiger partial charge in [0.25, 0.3) is 5.56 Å². The lowest BCUT2D eigenvalue weighted by atomic mass is 10.2. The van der Waals surface area contributed by atoms with Crippen molar-refractivity contribution >= 4 is 17.1 Å². The van der Waals surface area contributed by atoms with Gasteiger partial charge in [0, 0.05) is 6.54 Å². The molecule has 0 aliphatic rings. The Balaban J connectivity index is 2.37. The van der Waals surface area contributed by atoms with Crippen molar-refractivity contribution in [3.05, 3.63) is 57.0 Å². The SMILES string of the molecule is CCOC(=O)[C@@H](C)n1cnc2c1c(=O)n(CC)c(=O)n2-c1cccc(C)c1. The zero-order valence-electron chi connectivity index (χ0n) is 15.8. The molecular weight excluding hydrogens is 348 g/mol. The lowest BCUT2D eigenvalue weighted by molar-refractivity contribution is -0.146. The molecule has 3 aromatic rings. The zero-order chi connectivity index (χ0) is 19.7. The third kappa shape index (κ3) is 3.07. The second-order valence-corrected chi connectivity index (χ2v) is 6.26. The van der Waals surface area contributed by atoms with Gasteiger partial charge in [-0.25, -0.2) is 19.1 Å². The van der Waals surface area contributed by atoms with Crippen molar-refractivity contribution in [1.82, 2.24) is 18.7 Å². The third-order valence-electron chi connectivity index (χ3n) is 4.48. The fourth-order valence-electron chi connectivity index (χ4n) is 3.10. The molecule has 27 heavy (non-hydrogen) atoms. The number of rotatable bonds is 5. The van der Waals surface area contributed by atoms with Crippen LogP contribution in [0.3, 0.4) is 0 Å². The van der Waals surface area contributed by atoms with Crippen LogP contribution < -0.4 is 11.2 Å². The molecule has 0 fully saturated rings. The van der Waals surface area contributed by atoms with Gasteiger partial charge >= 0.3 is 11.7 Å². The highest BCUT2D eigenvalue weighted by molar-refractivity contribution is 5.79. The van der Waals surface area contributed by atoms with Crippen LogP contribution in [-0.2, 0) is 16.1 Å². The molecule has 0 bridgehead atoms. The van der Waals surface area contributed by atoms with Crippen LogP contribution in [0, 0.1) is 6.92 Å². The first-order valence-corrected chi connectivity index (χ1v) is 8.86. The summed E-state index contributed by atoms with van der Waals surface area (Å²) in [4.78, 5) is 42.3. The Morgan fingerprint density at radius 2 is 2.00 bits per heavy atom. The van der Waals surface area contributed by atoms with Crippen LogP contribution in [0.25, 0.3) is 16.9 Å². The summed E-state index contributed by atoms with van der Waals surface area (Å²) >= 11 is 0. The van der Waals surface area contributed by atoms with Gasteiger partial charge in [0.15, 0.2) is 11.2 Å². The van der Waals surface area contributed by atoms with E-state index in [4.69, 9.17) is 4.74 Å². The van der Waals surface area contributed by atoms with Crippen LogP contribution in [-0.4, -0.2) is 31.3 Å². The van der Waals surface area contributed by atoms with Crippen LogP contribution in [0.5, 0.6) is 0 Å². The van der Waals surface area contributed by atoms with E-state index < -0.39 is 23.3 Å². The molecule has 1 atom stereocenters. The van der Waals surface area contributed by atoms with Crippen LogP contribution in [0.1, 0.15) is 32.4 Å². The summed E-state index contributed by atoms with van der Waals surface area (Å²) in [6, 6.07) is 6.65. The number of ether oxygens (including phenoxy) is 1. The zero-order valence-corrected chi connectivity index (χ0v) is 15.8. The van der Waals surface area contributed by atoms with Gasteiger partial charge in [0.2, 0.25) is 0 Å². The molecule has 0 radical (unpaired) electrons. The van der Waals surface area contributed by atoms with E-state index in [0.29, 0.717) is 5.69 Å². The third-order valence-corrected chi connectivity index (χ3v) is 4.48. The number of imidazole rings is 1. The minimum absolute atomic E-state index is 0.193. The van der Waals surface area contributed by atoms with E-state index in [2.05, 4.69) is 4.98 Å². The van der Waals surface area contributed by atoms with Crippen LogP contribution in [0.15, 0.2) is 40.2 Å². The maximum Gasteiger partial charge on any atom is 0.337 e. The van der Waals surface area contributed by atoms with Crippen LogP contribution in [0.2, 0.25) is 0 Å². The van der Waals surface area contributed by atoms with E-state index in [0.717, 1.165) is 10.1 Å². The van der Waals surface area contributed by atoms with Crippen LogP contribution in [0.4, 0.5) is 0 Å². The molecule has 0 aliphatic heterocycles. The molecule has 0 N–H and O–H groups in total. The summed E-state index contributed by atoms with van der Waals surface area (Å²) in [6.45, 7) is 7.45. The molecule has 0 unspecified atom stereocenters. The Hall–Kier alpha value is -3.16. The standard InChI is InChI=1S/C19H22N4O4/c1-5-21-17(24)15-16(20-11-22(15)13(4)18(25)27-6-2)23(19(21)26)14-9-7-8-12(3)10-14/h7-11,13H,5-6H2,1-4H3/t13-/m1/s1. The number of aromatic nitrogens is 4. The number of aryl methyl sites for hydroxylation is 1. The number of fused-ring (bicyclic) bond motifs is 1. The van der Waals surface area contributed by atoms with Crippen molar-refractivity contribution in [2.75, 3.05) is 6.61 Å². The lowest BCUT2D eigenvalue weighted by Gasteiger charge is -2.15. The number of hydrogen-bond donors (Lipinski definition) is 0. The average molecular weight is 370 g/mol. The fraction of sp³-hybridized carbons (Fsp3) is 0.368. The first kappa shape index (κ1) is 18.6. The van der Waals surface area contributed by atoms with Crippen molar-refractivity contribution in [2.24, 2.45) is 0 Å². The molecule has 0 aliphatic carbocycles. The van der Waals surface area contributed by atoms with E-state index in [1.807, 2.05) is 25.1 Å². The van der Waals surface area contributed by atoms with E-state index >= 15 is 0 Å². The van der Waals surface area contributed by atoms with Gasteiger partial charge in [-0.15, -0.1) is 0 Å². The molecular formula is C19H22N4O4. The van der Waals surface area contributed by atoms with Crippen molar-refractivity contribution < 1.29 is 9.53 Å². The van der Waals surface area contributed by atoms with Crippen LogP contribution >= 0.6 is 0 Å². The van der Waals surface area contributed by atoms with Gasteiger partial charge in [-0.05, 0) is 45.4 Å². The van der Waals surface area contributed by atoms with E-state index in [-0.39, 0.29) is 24.3 Å². The molecule has 1 aromatic carbocycles. The number of esters is 1. The Morgan fingerprint density at radius 1 is 1.26 bits per heavy atom. The Kier molecular flexibility index (Phi) is 4.98. The molecule has 0 spiro atoms. The maximum absolute atomic E-state index is 12.9. The van der Waals surface area contributed by atoms with Gasteiger partial charge in [-0.2, -0.15) is 0 Å². The summed E-state index contributed by atoms with van der Waals surface area (Å²) in [5.41, 5.74) is 1.06. The number of hydrogen-bond acceptors (Lipinski definition) is 5. The van der Waals surface area contributed by atoms with Crippen molar-refractivity contribution in [1.29, 1.82) is 0 Å². The lowest BCUT2D eigenvalue weighted by Crippen LogP contribution is -2.40. The van der Waals surface area contributed by atoms with Crippen molar-refractivity contribution in [2.45, 2.75) is 40.3 Å². The van der Waals surface area contributed by atoms with E-state index in [1.54, 1.807) is 26.8 Å². The number of nitrogens with zero attached hydrogens (tertiary/aromatic N) is 4. The van der Waals surface area contributed by atoms with Crippen molar-refractivity contribution in [3.63, 3.8) is 0 Å². The summed E-state index contributed by atoms with van der Waals surface area (Å²) in [7, 11) is 0. The molecule has 2 aromatic heterocycles. The number of carbonyl (C=O) groups excluding carboxylic acids is 1. The second kappa shape index (κ2) is 7.22. The van der Waals surface area contributed by atoms with Gasteiger partial charge < -0.3 is 9.30 Å². The quantitative estimate of drug-likeness (QED) is 0.639. The van der Waals surface area contributed by atoms with Gasteiger partial charge in [-0.3, -0.25) is 9.36 Å². The molecule has 2 heterocycles. The average Bonchev–Trinajstić information content (AvgIpc) is 3.06. The first-order valence-electron chi connectivity index (χ1n) is 8.86. The van der Waals surface area contributed by atoms with E-state index in [9.17, 15) is 14.4 Å². The molecule has 8 heteroatoms. The minimum atomic E-state index is -0.739. The summed E-state index contributed by atoms with van der Waals surface area (Å²) in [5.74, 6) is -0.465.